The van der Waals surface area contributed by atoms with Gasteiger partial charge in [0, 0.05) is 37.0 Å². The first-order chi connectivity index (χ1) is 14.5. The number of pyridine rings is 1. The van der Waals surface area contributed by atoms with Crippen LogP contribution in [0.5, 0.6) is 0 Å². The lowest BCUT2D eigenvalue weighted by Crippen LogP contribution is -2.44. The lowest BCUT2D eigenvalue weighted by Gasteiger charge is -2.22. The number of nitro groups is 1. The van der Waals surface area contributed by atoms with Gasteiger partial charge in [0.05, 0.1) is 4.92 Å². The number of carbonyl (C=O) groups is 2. The third-order valence-electron chi connectivity index (χ3n) is 4.91. The van der Waals surface area contributed by atoms with Crippen molar-refractivity contribution in [2.24, 2.45) is 0 Å². The molecule has 1 fully saturated rings. The van der Waals surface area contributed by atoms with Crippen LogP contribution < -0.4 is 21.3 Å². The van der Waals surface area contributed by atoms with E-state index in [1.807, 2.05) is 4.90 Å². The molecule has 2 amide bonds. The van der Waals surface area contributed by atoms with Gasteiger partial charge in [0.25, 0.3) is 23.1 Å². The Morgan fingerprint density at radius 1 is 1.03 bits per heavy atom. The molecule has 2 heterocycles. The van der Waals surface area contributed by atoms with E-state index in [0.29, 0.717) is 5.69 Å². The molecular weight excluding hydrogens is 390 g/mol. The van der Waals surface area contributed by atoms with E-state index in [1.54, 1.807) is 18.2 Å². The largest absolute Gasteiger partial charge is 0.366 e. The number of hydrogen-bond acceptors (Lipinski definition) is 6. The van der Waals surface area contributed by atoms with Gasteiger partial charge in [0.2, 0.25) is 0 Å². The summed E-state index contributed by atoms with van der Waals surface area (Å²) in [5, 5.41) is 11.6. The molecule has 158 valence electrons. The number of nitrogens with one attached hydrogen (secondary N) is 2. The molecule has 2 N–H and O–H groups in total. The van der Waals surface area contributed by atoms with Crippen molar-refractivity contribution in [2.75, 3.05) is 18.0 Å². The van der Waals surface area contributed by atoms with Gasteiger partial charge in [-0.05, 0) is 31.0 Å². The van der Waals surface area contributed by atoms with Crippen LogP contribution in [0.15, 0.2) is 47.4 Å². The molecule has 3 rings (SSSR count). The van der Waals surface area contributed by atoms with Crippen molar-refractivity contribution < 1.29 is 14.5 Å². The van der Waals surface area contributed by atoms with Crippen molar-refractivity contribution in [1.82, 2.24) is 15.4 Å². The first kappa shape index (κ1) is 21.0. The van der Waals surface area contributed by atoms with Crippen molar-refractivity contribution in [3.8, 4) is 0 Å². The van der Waals surface area contributed by atoms with Gasteiger partial charge in [-0.15, -0.1) is 0 Å². The molecule has 0 radical (unpaired) electrons. The molecule has 0 atom stereocenters. The Balaban J connectivity index is 1.67. The minimum absolute atomic E-state index is 0.0532. The van der Waals surface area contributed by atoms with Crippen molar-refractivity contribution in [1.29, 1.82) is 0 Å². The quantitative estimate of drug-likeness (QED) is 0.566. The van der Waals surface area contributed by atoms with Gasteiger partial charge in [-0.2, -0.15) is 0 Å². The highest BCUT2D eigenvalue weighted by molar-refractivity contribution is 5.96. The second kappa shape index (κ2) is 9.68. The van der Waals surface area contributed by atoms with Crippen molar-refractivity contribution in [3.63, 3.8) is 0 Å². The van der Waals surface area contributed by atoms with Crippen LogP contribution >= 0.6 is 0 Å². The van der Waals surface area contributed by atoms with E-state index < -0.39 is 16.7 Å². The summed E-state index contributed by atoms with van der Waals surface area (Å²) in [7, 11) is 0. The van der Waals surface area contributed by atoms with Crippen LogP contribution in [0.25, 0.3) is 0 Å². The Hall–Kier alpha value is -3.69. The van der Waals surface area contributed by atoms with Crippen molar-refractivity contribution in [3.05, 3.63) is 68.6 Å². The van der Waals surface area contributed by atoms with E-state index in [9.17, 15) is 24.5 Å². The van der Waals surface area contributed by atoms with Crippen molar-refractivity contribution in [2.45, 2.75) is 32.2 Å². The zero-order chi connectivity index (χ0) is 21.5. The van der Waals surface area contributed by atoms with E-state index in [0.717, 1.165) is 38.8 Å². The number of amides is 2. The molecular formula is C20H23N5O5. The number of rotatable bonds is 5. The number of aromatic nitrogens is 1. The molecule has 0 aliphatic carbocycles. The minimum atomic E-state index is -0.686. The number of benzene rings is 1. The molecule has 0 saturated carbocycles. The Morgan fingerprint density at radius 2 is 1.77 bits per heavy atom. The predicted octanol–water partition coefficient (Wildman–Crippen LogP) is 1.60. The summed E-state index contributed by atoms with van der Waals surface area (Å²) in [6, 6.07) is 8.76. The number of hydrazine groups is 1. The van der Waals surface area contributed by atoms with Gasteiger partial charge in [0.15, 0.2) is 0 Å². The summed E-state index contributed by atoms with van der Waals surface area (Å²) < 4.78 is 1.18. The fourth-order valence-electron chi connectivity index (χ4n) is 3.37. The van der Waals surface area contributed by atoms with Crippen LogP contribution in [0, 0.1) is 10.1 Å². The maximum absolute atomic E-state index is 12.4. The average Bonchev–Trinajstić information content (AvgIpc) is 3.02. The zero-order valence-corrected chi connectivity index (χ0v) is 16.4. The molecule has 1 aliphatic rings. The van der Waals surface area contributed by atoms with Gasteiger partial charge in [-0.3, -0.25) is 35.3 Å². The van der Waals surface area contributed by atoms with Crippen molar-refractivity contribution >= 4 is 23.2 Å². The number of carbonyl (C=O) groups excluding carboxylic acids is 2. The number of hydrogen-bond donors (Lipinski definition) is 2. The molecule has 0 unspecified atom stereocenters. The van der Waals surface area contributed by atoms with Crippen LogP contribution in [0.1, 0.15) is 36.0 Å². The molecule has 0 bridgehead atoms. The summed E-state index contributed by atoms with van der Waals surface area (Å²) in [6.45, 7) is 1.20. The van der Waals surface area contributed by atoms with Gasteiger partial charge in [-0.1, -0.05) is 18.9 Å². The van der Waals surface area contributed by atoms with E-state index in [4.69, 9.17) is 0 Å². The highest BCUT2D eigenvalue weighted by Crippen LogP contribution is 2.31. The average molecular weight is 413 g/mol. The molecule has 1 aliphatic heterocycles. The minimum Gasteiger partial charge on any atom is -0.366 e. The maximum atomic E-state index is 12.4. The Kier molecular flexibility index (Phi) is 6.79. The zero-order valence-electron chi connectivity index (χ0n) is 16.4. The smallest absolute Gasteiger partial charge is 0.293 e. The fraction of sp³-hybridized carbons (Fsp3) is 0.350. The molecule has 1 aromatic carbocycles. The monoisotopic (exact) mass is 413 g/mol. The molecule has 10 heteroatoms. The standard InChI is InChI=1S/C20H23N5O5/c26-18(14-24-12-6-3-7-19(24)27)21-22-20(28)15-8-9-16(17(13-15)25(29)30)23-10-4-1-2-5-11-23/h3,6-9,12-13H,1-2,4-5,10-11,14H2,(H,21,26)(H,22,28). The summed E-state index contributed by atoms with van der Waals surface area (Å²) >= 11 is 0. The highest BCUT2D eigenvalue weighted by Gasteiger charge is 2.22. The number of nitrogens with zero attached hydrogens (tertiary/aromatic N) is 3. The number of nitro benzene ring substituents is 1. The molecule has 2 aromatic rings. The van der Waals surface area contributed by atoms with E-state index >= 15 is 0 Å². The fourth-order valence-corrected chi connectivity index (χ4v) is 3.37. The Morgan fingerprint density at radius 3 is 2.43 bits per heavy atom. The second-order valence-corrected chi connectivity index (χ2v) is 7.03. The molecule has 10 nitrogen and oxygen atoms in total. The van der Waals surface area contributed by atoms with Gasteiger partial charge in [-0.25, -0.2) is 0 Å². The topological polar surface area (TPSA) is 127 Å². The summed E-state index contributed by atoms with van der Waals surface area (Å²) in [5.41, 5.74) is 4.49. The molecule has 30 heavy (non-hydrogen) atoms. The highest BCUT2D eigenvalue weighted by atomic mass is 16.6. The SMILES string of the molecule is O=C(Cn1ccccc1=O)NNC(=O)c1ccc(N2CCCCCC2)c([N+](=O)[O-])c1. The number of anilines is 1. The van der Waals surface area contributed by atoms with Crippen LogP contribution in [-0.4, -0.2) is 34.4 Å². The molecule has 0 spiro atoms. The normalized spacial score (nSPS) is 13.9. The third kappa shape index (κ3) is 5.22. The van der Waals surface area contributed by atoms with E-state index in [2.05, 4.69) is 10.9 Å². The summed E-state index contributed by atoms with van der Waals surface area (Å²) in [6.07, 6.45) is 5.58. The Bertz CT molecular complexity index is 995. The first-order valence-electron chi connectivity index (χ1n) is 9.74. The first-order valence-corrected chi connectivity index (χ1v) is 9.74. The maximum Gasteiger partial charge on any atom is 0.293 e. The van der Waals surface area contributed by atoms with Gasteiger partial charge in [0.1, 0.15) is 12.2 Å². The second-order valence-electron chi connectivity index (χ2n) is 7.03. The van der Waals surface area contributed by atoms with Crippen LogP contribution in [0.4, 0.5) is 11.4 Å². The summed E-state index contributed by atoms with van der Waals surface area (Å²) in [5.74, 6) is -1.29. The molecule has 1 saturated heterocycles. The van der Waals surface area contributed by atoms with Crippen LogP contribution in [0.2, 0.25) is 0 Å². The third-order valence-corrected chi connectivity index (χ3v) is 4.91. The van der Waals surface area contributed by atoms with Crippen LogP contribution in [0.3, 0.4) is 0 Å². The molecule has 1 aromatic heterocycles. The van der Waals surface area contributed by atoms with Gasteiger partial charge >= 0.3 is 0 Å². The lowest BCUT2D eigenvalue weighted by atomic mass is 10.1. The van der Waals surface area contributed by atoms with Crippen LogP contribution in [-0.2, 0) is 11.3 Å². The van der Waals surface area contributed by atoms with E-state index in [1.165, 1.54) is 29.0 Å². The van der Waals surface area contributed by atoms with E-state index in [-0.39, 0.29) is 23.4 Å². The van der Waals surface area contributed by atoms with Gasteiger partial charge < -0.3 is 9.47 Å². The summed E-state index contributed by atoms with van der Waals surface area (Å²) in [4.78, 5) is 49.0. The lowest BCUT2D eigenvalue weighted by molar-refractivity contribution is -0.384. The Labute approximate surface area is 172 Å². The predicted molar refractivity (Wildman–Crippen MR) is 110 cm³/mol.